The van der Waals surface area contributed by atoms with Gasteiger partial charge in [-0.05, 0) is 42.5 Å². The maximum Gasteiger partial charge on any atom is 0.289 e. The van der Waals surface area contributed by atoms with Crippen molar-refractivity contribution >= 4 is 11.9 Å². The maximum absolute atomic E-state index is 12.4. The molecule has 29 heavy (non-hydrogen) atoms. The van der Waals surface area contributed by atoms with Gasteiger partial charge in [-0.15, -0.1) is 0 Å². The number of ether oxygens (including phenoxy) is 1. The molecule has 2 aromatic rings. The lowest BCUT2D eigenvalue weighted by Crippen LogP contribution is -2.53. The summed E-state index contributed by atoms with van der Waals surface area (Å²) in [7, 11) is 1.78. The molecule has 1 saturated carbocycles. The molecule has 0 spiro atoms. The number of guanidine groups is 1. The molecule has 1 saturated heterocycles. The van der Waals surface area contributed by atoms with Gasteiger partial charge in [0.05, 0.1) is 12.9 Å². The minimum atomic E-state index is -0.0619. The highest BCUT2D eigenvalue weighted by Gasteiger charge is 2.25. The molecule has 154 valence electrons. The Labute approximate surface area is 170 Å². The van der Waals surface area contributed by atoms with E-state index in [1.54, 1.807) is 25.4 Å². The second-order valence-electron chi connectivity index (χ2n) is 7.41. The predicted molar refractivity (Wildman–Crippen MR) is 109 cm³/mol. The van der Waals surface area contributed by atoms with Crippen LogP contribution in [0.3, 0.4) is 0 Å². The molecule has 0 unspecified atom stereocenters. The molecule has 1 aliphatic heterocycles. The summed E-state index contributed by atoms with van der Waals surface area (Å²) in [5.74, 6) is 2.53. The van der Waals surface area contributed by atoms with E-state index in [9.17, 15) is 4.79 Å². The van der Waals surface area contributed by atoms with Crippen molar-refractivity contribution in [2.45, 2.75) is 19.4 Å². The number of hydrogen-bond donors (Lipinski definition) is 1. The molecule has 3 heterocycles. The van der Waals surface area contributed by atoms with Crippen molar-refractivity contribution in [3.05, 3.63) is 48.0 Å². The Morgan fingerprint density at radius 1 is 1.28 bits per heavy atom. The number of aromatic nitrogens is 1. The van der Waals surface area contributed by atoms with E-state index in [2.05, 4.69) is 20.2 Å². The quantitative estimate of drug-likeness (QED) is 0.593. The Morgan fingerprint density at radius 2 is 2.07 bits per heavy atom. The van der Waals surface area contributed by atoms with E-state index >= 15 is 0 Å². The summed E-state index contributed by atoms with van der Waals surface area (Å²) >= 11 is 0. The number of nitrogens with one attached hydrogen (secondary N) is 1. The van der Waals surface area contributed by atoms with Gasteiger partial charge in [-0.2, -0.15) is 0 Å². The number of pyridine rings is 1. The smallest absolute Gasteiger partial charge is 0.289 e. The van der Waals surface area contributed by atoms with E-state index < -0.39 is 0 Å². The first-order chi connectivity index (χ1) is 14.2. The normalized spacial score (nSPS) is 17.3. The summed E-state index contributed by atoms with van der Waals surface area (Å²) in [6, 6.07) is 7.39. The van der Waals surface area contributed by atoms with Crippen molar-refractivity contribution in [2.24, 2.45) is 10.9 Å². The highest BCUT2D eigenvalue weighted by molar-refractivity contribution is 5.91. The first-order valence-electron chi connectivity index (χ1n) is 10.1. The summed E-state index contributed by atoms with van der Waals surface area (Å²) in [6.45, 7) is 4.10. The second kappa shape index (κ2) is 8.98. The van der Waals surface area contributed by atoms with Crippen LogP contribution in [0, 0.1) is 5.92 Å². The van der Waals surface area contributed by atoms with Gasteiger partial charge in [0.2, 0.25) is 5.88 Å². The van der Waals surface area contributed by atoms with Crippen LogP contribution in [-0.4, -0.2) is 66.5 Å². The molecule has 2 aromatic heterocycles. The lowest BCUT2D eigenvalue weighted by Gasteiger charge is -2.36. The van der Waals surface area contributed by atoms with Gasteiger partial charge in [-0.1, -0.05) is 0 Å². The highest BCUT2D eigenvalue weighted by atomic mass is 16.5. The molecule has 0 bridgehead atoms. The van der Waals surface area contributed by atoms with Crippen LogP contribution < -0.4 is 10.1 Å². The van der Waals surface area contributed by atoms with Gasteiger partial charge < -0.3 is 24.3 Å². The van der Waals surface area contributed by atoms with Gasteiger partial charge in [0.1, 0.15) is 0 Å². The van der Waals surface area contributed by atoms with Crippen LogP contribution in [0.1, 0.15) is 29.0 Å². The molecule has 8 nitrogen and oxygen atoms in total. The number of carbonyl (C=O) groups is 1. The van der Waals surface area contributed by atoms with E-state index in [1.165, 1.54) is 19.1 Å². The highest BCUT2D eigenvalue weighted by Crippen LogP contribution is 2.29. The Kier molecular flexibility index (Phi) is 5.97. The van der Waals surface area contributed by atoms with E-state index in [0.717, 1.165) is 31.2 Å². The van der Waals surface area contributed by atoms with E-state index in [-0.39, 0.29) is 5.91 Å². The molecule has 8 heteroatoms. The third-order valence-corrected chi connectivity index (χ3v) is 5.22. The summed E-state index contributed by atoms with van der Waals surface area (Å²) in [6.07, 6.45) is 5.83. The summed E-state index contributed by atoms with van der Waals surface area (Å²) < 4.78 is 11.0. The van der Waals surface area contributed by atoms with Gasteiger partial charge in [0.15, 0.2) is 11.7 Å². The molecule has 0 aromatic carbocycles. The van der Waals surface area contributed by atoms with Crippen molar-refractivity contribution in [1.82, 2.24) is 20.1 Å². The number of rotatable bonds is 6. The molecule has 2 fully saturated rings. The van der Waals surface area contributed by atoms with Gasteiger partial charge in [0, 0.05) is 52.0 Å². The van der Waals surface area contributed by atoms with Gasteiger partial charge in [-0.25, -0.2) is 4.98 Å². The third kappa shape index (κ3) is 5.07. The van der Waals surface area contributed by atoms with E-state index in [4.69, 9.17) is 9.15 Å². The van der Waals surface area contributed by atoms with Gasteiger partial charge >= 0.3 is 0 Å². The fourth-order valence-corrected chi connectivity index (χ4v) is 3.32. The molecule has 1 amide bonds. The van der Waals surface area contributed by atoms with Crippen LogP contribution in [0.25, 0.3) is 0 Å². The molecular weight excluding hydrogens is 370 g/mol. The van der Waals surface area contributed by atoms with Crippen molar-refractivity contribution in [1.29, 1.82) is 0 Å². The number of nitrogens with zero attached hydrogens (tertiary/aromatic N) is 4. The Hall–Kier alpha value is -3.03. The Bertz CT molecular complexity index is 840. The zero-order valence-corrected chi connectivity index (χ0v) is 16.7. The second-order valence-corrected chi connectivity index (χ2v) is 7.41. The number of furan rings is 1. The van der Waals surface area contributed by atoms with Crippen molar-refractivity contribution in [3.63, 3.8) is 0 Å². The fraction of sp³-hybridized carbons (Fsp3) is 0.476. The largest absolute Gasteiger partial charge is 0.477 e. The zero-order valence-electron chi connectivity index (χ0n) is 16.7. The van der Waals surface area contributed by atoms with Gasteiger partial charge in [0.25, 0.3) is 5.91 Å². The molecule has 0 atom stereocenters. The van der Waals surface area contributed by atoms with Crippen LogP contribution in [0.2, 0.25) is 0 Å². The van der Waals surface area contributed by atoms with Gasteiger partial charge in [-0.3, -0.25) is 9.79 Å². The van der Waals surface area contributed by atoms with Crippen molar-refractivity contribution in [3.8, 4) is 5.88 Å². The summed E-state index contributed by atoms with van der Waals surface area (Å²) in [5, 5.41) is 3.40. The van der Waals surface area contributed by atoms with Crippen molar-refractivity contribution < 1.29 is 13.9 Å². The standard InChI is InChI=1S/C21H27N5O3/c1-22-21(24-14-17-6-7-23-19(13-17)29-15-16-4-5-16)26-10-8-25(9-11-26)20(27)18-3-2-12-28-18/h2-3,6-7,12-13,16H,4-5,8-11,14-15H2,1H3,(H,22,24). The molecule has 2 aliphatic rings. The first-order valence-corrected chi connectivity index (χ1v) is 10.1. The van der Waals surface area contributed by atoms with E-state index in [1.807, 2.05) is 17.0 Å². The van der Waals surface area contributed by atoms with Crippen LogP contribution in [-0.2, 0) is 6.54 Å². The monoisotopic (exact) mass is 397 g/mol. The van der Waals surface area contributed by atoms with Crippen LogP contribution in [0.5, 0.6) is 5.88 Å². The predicted octanol–water partition coefficient (Wildman–Crippen LogP) is 2.00. The van der Waals surface area contributed by atoms with Crippen LogP contribution in [0.15, 0.2) is 46.1 Å². The summed E-state index contributed by atoms with van der Waals surface area (Å²) in [4.78, 5) is 25.1. The lowest BCUT2D eigenvalue weighted by atomic mass is 10.2. The average Bonchev–Trinajstić information content (AvgIpc) is 3.43. The number of amides is 1. The summed E-state index contributed by atoms with van der Waals surface area (Å²) in [5.41, 5.74) is 1.10. The van der Waals surface area contributed by atoms with Crippen LogP contribution in [0.4, 0.5) is 0 Å². The minimum Gasteiger partial charge on any atom is -0.477 e. The number of aliphatic imine (C=N–C) groups is 1. The number of carbonyl (C=O) groups excluding carboxylic acids is 1. The molecule has 1 aliphatic carbocycles. The molecule has 4 rings (SSSR count). The maximum atomic E-state index is 12.4. The third-order valence-electron chi connectivity index (χ3n) is 5.22. The van der Waals surface area contributed by atoms with Crippen LogP contribution >= 0.6 is 0 Å². The average molecular weight is 397 g/mol. The Balaban J connectivity index is 1.26. The fourth-order valence-electron chi connectivity index (χ4n) is 3.32. The minimum absolute atomic E-state index is 0.0619. The molecular formula is C21H27N5O3. The lowest BCUT2D eigenvalue weighted by molar-refractivity contribution is 0.0657. The van der Waals surface area contributed by atoms with Crippen molar-refractivity contribution in [2.75, 3.05) is 39.8 Å². The first kappa shape index (κ1) is 19.3. The zero-order chi connectivity index (χ0) is 20.1. The van der Waals surface area contributed by atoms with E-state index in [0.29, 0.717) is 37.2 Å². The number of piperazine rings is 1. The topological polar surface area (TPSA) is 83.2 Å². The molecule has 1 N–H and O–H groups in total. The SMILES string of the molecule is CN=C(NCc1ccnc(OCC2CC2)c1)N1CCN(C(=O)c2ccco2)CC1. The molecule has 0 radical (unpaired) electrons. The Morgan fingerprint density at radius 3 is 2.76 bits per heavy atom. The number of hydrogen-bond acceptors (Lipinski definition) is 5.